The van der Waals surface area contributed by atoms with E-state index in [0.717, 1.165) is 84.9 Å². The van der Waals surface area contributed by atoms with Crippen LogP contribution in [0.2, 0.25) is 0 Å². The van der Waals surface area contributed by atoms with Gasteiger partial charge in [0.05, 0.1) is 11.5 Å². The summed E-state index contributed by atoms with van der Waals surface area (Å²) in [4.78, 5) is 17.2. The molecular formula is C49H68IrNO3-. The Hall–Kier alpha value is -3.01. The second-order valence-corrected chi connectivity index (χ2v) is 19.1. The van der Waals surface area contributed by atoms with Gasteiger partial charge in [-0.3, -0.25) is 9.78 Å². The van der Waals surface area contributed by atoms with Crippen molar-refractivity contribution in [3.63, 3.8) is 0 Å². The molecule has 5 rings (SSSR count). The molecule has 5 heteroatoms. The third-order valence-electron chi connectivity index (χ3n) is 10.9. The fourth-order valence-corrected chi connectivity index (χ4v) is 7.95. The molecular weight excluding hydrogens is 843 g/mol. The van der Waals surface area contributed by atoms with Gasteiger partial charge in [-0.15, -0.1) is 17.5 Å². The van der Waals surface area contributed by atoms with Gasteiger partial charge in [-0.05, 0) is 90.7 Å². The van der Waals surface area contributed by atoms with Crippen LogP contribution in [0.5, 0.6) is 11.5 Å². The summed E-state index contributed by atoms with van der Waals surface area (Å²) in [6.07, 6.45) is 10.6. The molecule has 1 N–H and O–H groups in total. The standard InChI is InChI=1S/C34H40NO.C15H28O2.Ir/c1-32(2,3)18-21-10-11-25-24(14-21)17-26-30-29-23(12-13-35-30)15-22(19-33(4,5)6)16-28(29)36-31(26)27(25)20-34(7,8)9;1-6-12(7-2)13(16)11-14(17)15(8-3,9-4)10-5;/h10-16H,18-20H2,1-9H3;11-12,16H,6-10H2,1-5H3;/q-1;;/b;13-11-;. The SMILES string of the molecule is CC(C)(C)Cc1ccc2c(CC(C)(C)C)c3c([c-]c2c1)-c1nccc2cc(CC(C)(C)C)cc(c12)O3.CCC(CC)/C(O)=C/C(=O)C(CC)(CC)CC.[Ir]. The molecule has 1 aliphatic heterocycles. The van der Waals surface area contributed by atoms with Crippen molar-refractivity contribution in [2.45, 2.75) is 148 Å². The van der Waals surface area contributed by atoms with Crippen molar-refractivity contribution in [1.82, 2.24) is 4.98 Å². The van der Waals surface area contributed by atoms with Gasteiger partial charge >= 0.3 is 0 Å². The second-order valence-electron chi connectivity index (χ2n) is 19.1. The van der Waals surface area contributed by atoms with Crippen molar-refractivity contribution >= 4 is 27.3 Å². The first kappa shape index (κ1) is 45.4. The molecule has 0 atom stereocenters. The molecule has 0 saturated heterocycles. The number of aliphatic hydroxyl groups excluding tert-OH is 1. The third-order valence-corrected chi connectivity index (χ3v) is 10.9. The van der Waals surface area contributed by atoms with E-state index in [-0.39, 0.29) is 59.2 Å². The summed E-state index contributed by atoms with van der Waals surface area (Å²) in [5.74, 6) is 2.34. The normalized spacial score (nSPS) is 13.3. The smallest absolute Gasteiger partial charge is 0.165 e. The molecule has 3 aromatic carbocycles. The number of nitrogens with zero attached hydrogens (tertiary/aromatic N) is 1. The summed E-state index contributed by atoms with van der Waals surface area (Å²) < 4.78 is 6.83. The quantitative estimate of drug-likeness (QED) is 0.0815. The van der Waals surface area contributed by atoms with Crippen molar-refractivity contribution in [2.24, 2.45) is 27.6 Å². The summed E-state index contributed by atoms with van der Waals surface area (Å²) in [5.41, 5.74) is 6.18. The number of benzene rings is 3. The molecule has 4 nitrogen and oxygen atoms in total. The number of pyridine rings is 1. The molecule has 1 aliphatic rings. The van der Waals surface area contributed by atoms with Gasteiger partial charge in [-0.25, -0.2) is 0 Å². The fraction of sp³-hybridized carbons (Fsp3) is 0.551. The third kappa shape index (κ3) is 10.8. The zero-order chi connectivity index (χ0) is 39.5. The van der Waals surface area contributed by atoms with Gasteiger partial charge in [-0.1, -0.05) is 137 Å². The topological polar surface area (TPSA) is 59.4 Å². The molecule has 297 valence electrons. The molecule has 1 radical (unpaired) electrons. The van der Waals surface area contributed by atoms with E-state index < -0.39 is 0 Å². The van der Waals surface area contributed by atoms with E-state index in [9.17, 15) is 9.90 Å². The number of hydrogen-bond donors (Lipinski definition) is 1. The van der Waals surface area contributed by atoms with E-state index in [0.29, 0.717) is 0 Å². The first-order valence-corrected chi connectivity index (χ1v) is 20.2. The molecule has 1 aromatic heterocycles. The predicted octanol–water partition coefficient (Wildman–Crippen LogP) is 14.4. The number of fused-ring (bicyclic) bond motifs is 3. The Balaban J connectivity index is 0.000000372. The molecule has 4 aromatic rings. The van der Waals surface area contributed by atoms with Gasteiger partial charge < -0.3 is 9.84 Å². The van der Waals surface area contributed by atoms with Crippen LogP contribution in [0.1, 0.15) is 146 Å². The molecule has 0 bridgehead atoms. The molecule has 0 saturated carbocycles. The van der Waals surface area contributed by atoms with Gasteiger partial charge in [-0.2, -0.15) is 0 Å². The van der Waals surface area contributed by atoms with Crippen LogP contribution in [0.15, 0.2) is 54.4 Å². The van der Waals surface area contributed by atoms with Crippen LogP contribution in [0.3, 0.4) is 0 Å². The van der Waals surface area contributed by atoms with Gasteiger partial charge in [0.15, 0.2) is 5.78 Å². The molecule has 0 aliphatic carbocycles. The Morgan fingerprint density at radius 2 is 1.37 bits per heavy atom. The number of rotatable bonds is 11. The molecule has 54 heavy (non-hydrogen) atoms. The van der Waals surface area contributed by atoms with Crippen LogP contribution < -0.4 is 4.74 Å². The monoisotopic (exact) mass is 911 g/mol. The minimum absolute atomic E-state index is 0. The van der Waals surface area contributed by atoms with Crippen LogP contribution in [-0.4, -0.2) is 15.9 Å². The minimum Gasteiger partial charge on any atom is -0.512 e. The van der Waals surface area contributed by atoms with Crippen molar-refractivity contribution < 1.29 is 34.7 Å². The minimum atomic E-state index is -0.278. The number of carbonyl (C=O) groups is 1. The van der Waals surface area contributed by atoms with Gasteiger partial charge in [0.25, 0.3) is 0 Å². The maximum Gasteiger partial charge on any atom is 0.165 e. The number of aliphatic hydroxyl groups is 1. The number of hydrogen-bond acceptors (Lipinski definition) is 4. The number of carbonyl (C=O) groups excluding carboxylic acids is 1. The van der Waals surface area contributed by atoms with Gasteiger partial charge in [0, 0.05) is 54.8 Å². The van der Waals surface area contributed by atoms with Crippen molar-refractivity contribution in [1.29, 1.82) is 0 Å². The van der Waals surface area contributed by atoms with E-state index >= 15 is 0 Å². The van der Waals surface area contributed by atoms with Crippen LogP contribution in [-0.2, 0) is 44.2 Å². The van der Waals surface area contributed by atoms with Crippen LogP contribution in [0.4, 0.5) is 0 Å². The molecule has 0 spiro atoms. The maximum absolute atomic E-state index is 12.3. The van der Waals surface area contributed by atoms with Crippen molar-refractivity contribution in [2.75, 3.05) is 0 Å². The Kier molecular flexibility index (Phi) is 15.0. The Morgan fingerprint density at radius 3 is 1.91 bits per heavy atom. The predicted molar refractivity (Wildman–Crippen MR) is 226 cm³/mol. The molecule has 0 fully saturated rings. The Bertz CT molecular complexity index is 1930. The number of ketones is 1. The van der Waals surface area contributed by atoms with Crippen LogP contribution in [0.25, 0.3) is 32.8 Å². The summed E-state index contributed by atoms with van der Waals surface area (Å²) >= 11 is 0. The number of allylic oxidation sites excluding steroid dienone is 2. The zero-order valence-corrected chi connectivity index (χ0v) is 38.3. The summed E-state index contributed by atoms with van der Waals surface area (Å²) in [5, 5.41) is 14.7. The molecule has 2 heterocycles. The first-order valence-electron chi connectivity index (χ1n) is 20.2. The Labute approximate surface area is 341 Å². The molecule has 0 amide bonds. The average Bonchev–Trinajstić information content (AvgIpc) is 3.05. The van der Waals surface area contributed by atoms with E-state index in [2.05, 4.69) is 105 Å². The van der Waals surface area contributed by atoms with E-state index in [1.54, 1.807) is 0 Å². The zero-order valence-electron chi connectivity index (χ0n) is 35.9. The summed E-state index contributed by atoms with van der Waals surface area (Å²) in [7, 11) is 0. The number of ether oxygens (including phenoxy) is 1. The number of aromatic nitrogens is 1. The largest absolute Gasteiger partial charge is 0.512 e. The average molecular weight is 911 g/mol. The summed E-state index contributed by atoms with van der Waals surface area (Å²) in [6.45, 7) is 30.9. The van der Waals surface area contributed by atoms with Crippen molar-refractivity contribution in [3.8, 4) is 22.8 Å². The van der Waals surface area contributed by atoms with E-state index in [1.807, 2.05) is 40.8 Å². The maximum atomic E-state index is 12.3. The summed E-state index contributed by atoms with van der Waals surface area (Å²) in [6, 6.07) is 17.3. The van der Waals surface area contributed by atoms with Crippen LogP contribution in [0, 0.1) is 33.6 Å². The van der Waals surface area contributed by atoms with Crippen LogP contribution >= 0.6 is 0 Å². The van der Waals surface area contributed by atoms with E-state index in [4.69, 9.17) is 9.72 Å². The van der Waals surface area contributed by atoms with Gasteiger partial charge in [0.1, 0.15) is 5.75 Å². The molecule has 0 unspecified atom stereocenters. The van der Waals surface area contributed by atoms with Crippen molar-refractivity contribution in [3.05, 3.63) is 77.2 Å². The van der Waals surface area contributed by atoms with Gasteiger partial charge in [0.2, 0.25) is 0 Å². The Morgan fingerprint density at radius 1 is 0.796 bits per heavy atom. The van der Waals surface area contributed by atoms with E-state index in [1.165, 1.54) is 33.5 Å². The first-order chi connectivity index (χ1) is 24.7. The fourth-order valence-electron chi connectivity index (χ4n) is 7.95. The second kappa shape index (κ2) is 17.8.